The van der Waals surface area contributed by atoms with Gasteiger partial charge in [-0.05, 0) is 0 Å². The Bertz CT molecular complexity index is 343. The summed E-state index contributed by atoms with van der Waals surface area (Å²) in [7, 11) is 1.56. The molecule has 0 aliphatic carbocycles. The van der Waals surface area contributed by atoms with E-state index < -0.39 is 12.1 Å². The van der Waals surface area contributed by atoms with Gasteiger partial charge in [-0.25, -0.2) is 4.79 Å². The van der Waals surface area contributed by atoms with Gasteiger partial charge in [-0.1, -0.05) is 5.16 Å². The number of carboxylic acids is 1. The van der Waals surface area contributed by atoms with Gasteiger partial charge in [0.2, 0.25) is 6.10 Å². The number of carbonyl (C=O) groups excluding carboxylic acids is 1. The van der Waals surface area contributed by atoms with Crippen LogP contribution in [0.3, 0.4) is 0 Å². The molecule has 0 saturated carbocycles. The first kappa shape index (κ1) is 14.4. The molecule has 1 heterocycles. The Morgan fingerprint density at radius 3 is 2.83 bits per heavy atom. The summed E-state index contributed by atoms with van der Waals surface area (Å²) in [6, 6.07) is 0. The largest absolute Gasteiger partial charge is 0.477 e. The zero-order chi connectivity index (χ0) is 13.5. The van der Waals surface area contributed by atoms with Gasteiger partial charge in [-0.2, -0.15) is 0 Å². The third-order valence-corrected chi connectivity index (χ3v) is 2.37. The van der Waals surface area contributed by atoms with Crippen LogP contribution in [0.4, 0.5) is 0 Å². The Morgan fingerprint density at radius 1 is 1.56 bits per heavy atom. The molecule has 0 radical (unpaired) electrons. The lowest BCUT2D eigenvalue weighted by molar-refractivity contribution is -0.141. The second-order valence-electron chi connectivity index (χ2n) is 3.74. The molecule has 0 bridgehead atoms. The average Bonchev–Trinajstić information content (AvgIpc) is 2.83. The van der Waals surface area contributed by atoms with Crippen molar-refractivity contribution in [3.63, 3.8) is 0 Å². The van der Waals surface area contributed by atoms with Gasteiger partial charge in [0.25, 0.3) is 5.91 Å². The topological polar surface area (TPSA) is 109 Å². The summed E-state index contributed by atoms with van der Waals surface area (Å²) in [6.07, 6.45) is -0.908. The quantitative estimate of drug-likeness (QED) is 0.550. The van der Waals surface area contributed by atoms with Crippen molar-refractivity contribution < 1.29 is 29.4 Å². The van der Waals surface area contributed by atoms with E-state index in [2.05, 4.69) is 5.16 Å². The van der Waals surface area contributed by atoms with Gasteiger partial charge >= 0.3 is 5.97 Å². The fourth-order valence-corrected chi connectivity index (χ4v) is 1.36. The Balaban J connectivity index is 2.31. The van der Waals surface area contributed by atoms with Crippen LogP contribution in [0.1, 0.15) is 6.42 Å². The van der Waals surface area contributed by atoms with Crippen molar-refractivity contribution in [1.29, 1.82) is 0 Å². The highest BCUT2D eigenvalue weighted by atomic mass is 16.6. The van der Waals surface area contributed by atoms with Crippen LogP contribution < -0.4 is 0 Å². The van der Waals surface area contributed by atoms with Crippen LogP contribution in [0, 0.1) is 0 Å². The van der Waals surface area contributed by atoms with E-state index in [0.29, 0.717) is 13.2 Å². The van der Waals surface area contributed by atoms with E-state index in [4.69, 9.17) is 19.8 Å². The maximum absolute atomic E-state index is 11.8. The van der Waals surface area contributed by atoms with Crippen LogP contribution in [0.25, 0.3) is 0 Å². The van der Waals surface area contributed by atoms with Crippen molar-refractivity contribution in [2.75, 3.05) is 33.4 Å². The molecule has 102 valence electrons. The van der Waals surface area contributed by atoms with Crippen LogP contribution in [0.5, 0.6) is 0 Å². The maximum atomic E-state index is 11.8. The lowest BCUT2D eigenvalue weighted by Crippen LogP contribution is -2.38. The summed E-state index contributed by atoms with van der Waals surface area (Å²) in [5.41, 5.74) is -0.154. The number of aliphatic carboxylic acids is 1. The zero-order valence-electron chi connectivity index (χ0n) is 10.0. The molecule has 1 aliphatic rings. The Hall–Kier alpha value is -1.67. The van der Waals surface area contributed by atoms with Crippen LogP contribution in [-0.2, 0) is 19.2 Å². The number of rotatable bonds is 7. The molecule has 0 aromatic carbocycles. The van der Waals surface area contributed by atoms with E-state index in [-0.39, 0.29) is 31.3 Å². The molecule has 1 amide bonds. The van der Waals surface area contributed by atoms with E-state index in [9.17, 15) is 9.59 Å². The molecule has 2 N–H and O–H groups in total. The molecule has 8 nitrogen and oxygen atoms in total. The molecule has 1 unspecified atom stereocenters. The first-order chi connectivity index (χ1) is 8.56. The van der Waals surface area contributed by atoms with Crippen molar-refractivity contribution in [3.05, 3.63) is 0 Å². The predicted octanol–water partition coefficient (Wildman–Crippen LogP) is -1.32. The normalized spacial score (nSPS) is 18.1. The monoisotopic (exact) mass is 260 g/mol. The van der Waals surface area contributed by atoms with E-state index in [1.54, 1.807) is 7.05 Å². The fourth-order valence-electron chi connectivity index (χ4n) is 1.36. The first-order valence-corrected chi connectivity index (χ1v) is 5.45. The van der Waals surface area contributed by atoms with Gasteiger partial charge in [0, 0.05) is 20.0 Å². The van der Waals surface area contributed by atoms with Crippen LogP contribution in [-0.4, -0.2) is 72.2 Å². The van der Waals surface area contributed by atoms with Gasteiger partial charge in [0.15, 0.2) is 5.71 Å². The molecule has 1 aliphatic heterocycles. The molecular formula is C10H16N2O6. The molecule has 1 atom stereocenters. The molecule has 0 fully saturated rings. The third-order valence-electron chi connectivity index (χ3n) is 2.37. The Kier molecular flexibility index (Phi) is 5.53. The lowest BCUT2D eigenvalue weighted by Gasteiger charge is -2.19. The SMILES string of the molecule is CN(CCOCCO)C(=O)C1CC(C(=O)O)=NO1. The minimum atomic E-state index is -1.18. The number of carboxylic acid groups (broad SMARTS) is 1. The van der Waals surface area contributed by atoms with Gasteiger partial charge in [-0.3, -0.25) is 4.79 Å². The van der Waals surface area contributed by atoms with Crippen molar-refractivity contribution in [2.24, 2.45) is 5.16 Å². The number of ether oxygens (including phenoxy) is 1. The number of carbonyl (C=O) groups is 2. The predicted molar refractivity (Wildman–Crippen MR) is 60.1 cm³/mol. The number of amides is 1. The Labute approximate surface area is 104 Å². The highest BCUT2D eigenvalue weighted by Gasteiger charge is 2.33. The average molecular weight is 260 g/mol. The minimum absolute atomic E-state index is 0.0317. The summed E-state index contributed by atoms with van der Waals surface area (Å²) < 4.78 is 5.02. The van der Waals surface area contributed by atoms with Gasteiger partial charge < -0.3 is 24.7 Å². The van der Waals surface area contributed by atoms with E-state index in [0.717, 1.165) is 0 Å². The van der Waals surface area contributed by atoms with Crippen LogP contribution in [0.2, 0.25) is 0 Å². The van der Waals surface area contributed by atoms with Crippen molar-refractivity contribution in [1.82, 2.24) is 4.90 Å². The molecule has 0 aromatic heterocycles. The highest BCUT2D eigenvalue weighted by Crippen LogP contribution is 2.12. The second kappa shape index (κ2) is 6.92. The van der Waals surface area contributed by atoms with E-state index >= 15 is 0 Å². The summed E-state index contributed by atoms with van der Waals surface area (Å²) in [5, 5.41) is 20.5. The van der Waals surface area contributed by atoms with Crippen LogP contribution in [0.15, 0.2) is 5.16 Å². The molecular weight excluding hydrogens is 244 g/mol. The second-order valence-corrected chi connectivity index (χ2v) is 3.74. The minimum Gasteiger partial charge on any atom is -0.477 e. The number of nitrogens with zero attached hydrogens (tertiary/aromatic N) is 2. The molecule has 0 aromatic rings. The number of aliphatic hydroxyl groups is 1. The zero-order valence-corrected chi connectivity index (χ0v) is 10.0. The number of hydrogen-bond acceptors (Lipinski definition) is 6. The summed E-state index contributed by atoms with van der Waals surface area (Å²) in [4.78, 5) is 28.6. The van der Waals surface area contributed by atoms with Crippen LogP contribution >= 0.6 is 0 Å². The van der Waals surface area contributed by atoms with Gasteiger partial charge in [0.05, 0.1) is 19.8 Å². The number of hydrogen-bond donors (Lipinski definition) is 2. The molecule has 0 saturated heterocycles. The molecule has 18 heavy (non-hydrogen) atoms. The van der Waals surface area contributed by atoms with Gasteiger partial charge in [-0.15, -0.1) is 0 Å². The van der Waals surface area contributed by atoms with Crippen molar-refractivity contribution in [3.8, 4) is 0 Å². The molecule has 0 spiro atoms. The summed E-state index contributed by atoms with van der Waals surface area (Å²) in [5.74, 6) is -1.53. The number of likely N-dealkylation sites (N-methyl/N-ethyl adjacent to an activating group) is 1. The van der Waals surface area contributed by atoms with Crippen molar-refractivity contribution in [2.45, 2.75) is 12.5 Å². The third kappa shape index (κ3) is 3.97. The lowest BCUT2D eigenvalue weighted by atomic mass is 10.1. The molecule has 8 heteroatoms. The first-order valence-electron chi connectivity index (χ1n) is 5.45. The van der Waals surface area contributed by atoms with Gasteiger partial charge in [0.1, 0.15) is 0 Å². The Morgan fingerprint density at radius 2 is 2.28 bits per heavy atom. The maximum Gasteiger partial charge on any atom is 0.353 e. The van der Waals surface area contributed by atoms with Crippen molar-refractivity contribution >= 4 is 17.6 Å². The number of oxime groups is 1. The standard InChI is InChI=1S/C10H16N2O6/c1-12(2-4-17-5-3-13)9(14)8-6-7(10(15)16)11-18-8/h8,13H,2-6H2,1H3,(H,15,16). The van der Waals surface area contributed by atoms with E-state index in [1.165, 1.54) is 4.90 Å². The summed E-state index contributed by atoms with van der Waals surface area (Å²) in [6.45, 7) is 0.775. The van der Waals surface area contributed by atoms with E-state index in [1.807, 2.05) is 0 Å². The smallest absolute Gasteiger partial charge is 0.353 e. The highest BCUT2D eigenvalue weighted by molar-refractivity contribution is 6.36. The molecule has 1 rings (SSSR count). The number of aliphatic hydroxyl groups excluding tert-OH is 1. The fraction of sp³-hybridized carbons (Fsp3) is 0.700. The summed E-state index contributed by atoms with van der Waals surface area (Å²) >= 11 is 0.